The van der Waals surface area contributed by atoms with Crippen molar-refractivity contribution in [3.63, 3.8) is 0 Å². The molecule has 2 fully saturated rings. The first-order valence-electron chi connectivity index (χ1n) is 7.24. The van der Waals surface area contributed by atoms with Gasteiger partial charge in [0.1, 0.15) is 5.78 Å². The lowest BCUT2D eigenvalue weighted by atomic mass is 10.0. The molecule has 108 valence electrons. The minimum absolute atomic E-state index is 0.187. The summed E-state index contributed by atoms with van der Waals surface area (Å²) < 4.78 is 0. The first kappa shape index (κ1) is 14.5. The van der Waals surface area contributed by atoms with Crippen LogP contribution in [0.4, 0.5) is 0 Å². The number of Topliss-reactive ketones (excluding diaryl/α,β-unsaturated/α-hetero) is 1. The third kappa shape index (κ3) is 4.01. The zero-order valence-corrected chi connectivity index (χ0v) is 12.1. The fourth-order valence-electron chi connectivity index (χ4n) is 2.89. The zero-order valence-electron chi connectivity index (χ0n) is 12.1. The van der Waals surface area contributed by atoms with Gasteiger partial charge in [-0.05, 0) is 33.5 Å². The summed E-state index contributed by atoms with van der Waals surface area (Å²) >= 11 is 0. The third-order valence-electron chi connectivity index (χ3n) is 4.24. The van der Waals surface area contributed by atoms with E-state index >= 15 is 0 Å². The van der Waals surface area contributed by atoms with E-state index in [2.05, 4.69) is 23.9 Å². The maximum absolute atomic E-state index is 12.2. The standard InChI is InChI=1S/C14H25N3O2/c1-15(2)12-4-3-7-16(10-12)11-14(19)17-8-5-13(18)6-9-17/h12H,3-11H2,1-2H3. The Morgan fingerprint density at radius 3 is 2.58 bits per heavy atom. The number of amides is 1. The maximum Gasteiger partial charge on any atom is 0.236 e. The van der Waals surface area contributed by atoms with Gasteiger partial charge in [0, 0.05) is 38.5 Å². The molecule has 2 aliphatic heterocycles. The van der Waals surface area contributed by atoms with Crippen LogP contribution in [-0.2, 0) is 9.59 Å². The quantitative estimate of drug-likeness (QED) is 0.733. The van der Waals surface area contributed by atoms with Crippen LogP contribution >= 0.6 is 0 Å². The summed E-state index contributed by atoms with van der Waals surface area (Å²) in [6.45, 7) is 3.73. The molecule has 1 amide bonds. The highest BCUT2D eigenvalue weighted by atomic mass is 16.2. The molecule has 5 nitrogen and oxygen atoms in total. The van der Waals surface area contributed by atoms with Crippen LogP contribution in [0.15, 0.2) is 0 Å². The van der Waals surface area contributed by atoms with Crippen molar-refractivity contribution in [1.29, 1.82) is 0 Å². The molecule has 2 rings (SSSR count). The Balaban J connectivity index is 1.80. The van der Waals surface area contributed by atoms with Crippen LogP contribution in [0, 0.1) is 0 Å². The number of carbonyl (C=O) groups excluding carboxylic acids is 2. The predicted octanol–water partition coefficient (Wildman–Crippen LogP) is 0.204. The van der Waals surface area contributed by atoms with Gasteiger partial charge in [0.15, 0.2) is 0 Å². The van der Waals surface area contributed by atoms with Gasteiger partial charge in [0.25, 0.3) is 0 Å². The lowest BCUT2D eigenvalue weighted by molar-refractivity contribution is -0.135. The van der Waals surface area contributed by atoms with Gasteiger partial charge in [-0.15, -0.1) is 0 Å². The molecule has 0 aliphatic carbocycles. The van der Waals surface area contributed by atoms with E-state index in [0.29, 0.717) is 38.5 Å². The number of carbonyl (C=O) groups is 2. The lowest BCUT2D eigenvalue weighted by Gasteiger charge is -2.37. The second-order valence-corrected chi connectivity index (χ2v) is 5.91. The van der Waals surface area contributed by atoms with Gasteiger partial charge in [0.05, 0.1) is 6.54 Å². The van der Waals surface area contributed by atoms with E-state index in [0.717, 1.165) is 19.5 Å². The molecule has 0 aromatic heterocycles. The number of hydrogen-bond acceptors (Lipinski definition) is 4. The first-order valence-corrected chi connectivity index (χ1v) is 7.24. The zero-order chi connectivity index (χ0) is 13.8. The van der Waals surface area contributed by atoms with Crippen molar-refractivity contribution < 1.29 is 9.59 Å². The molecule has 2 saturated heterocycles. The Kier molecular flexibility index (Phi) is 4.93. The van der Waals surface area contributed by atoms with E-state index in [9.17, 15) is 9.59 Å². The molecule has 0 saturated carbocycles. The van der Waals surface area contributed by atoms with Gasteiger partial charge < -0.3 is 9.80 Å². The molecular formula is C14H25N3O2. The molecule has 19 heavy (non-hydrogen) atoms. The molecule has 5 heteroatoms. The SMILES string of the molecule is CN(C)C1CCCN(CC(=O)N2CCC(=O)CC2)C1. The molecule has 1 atom stereocenters. The number of nitrogens with zero attached hydrogens (tertiary/aromatic N) is 3. The molecule has 0 bridgehead atoms. The van der Waals surface area contributed by atoms with Crippen molar-refractivity contribution in [2.24, 2.45) is 0 Å². The second kappa shape index (κ2) is 6.48. The van der Waals surface area contributed by atoms with Crippen LogP contribution in [0.3, 0.4) is 0 Å². The molecular weight excluding hydrogens is 242 g/mol. The molecule has 0 N–H and O–H groups in total. The first-order chi connectivity index (χ1) is 9.06. The maximum atomic E-state index is 12.2. The second-order valence-electron chi connectivity index (χ2n) is 5.91. The van der Waals surface area contributed by atoms with Gasteiger partial charge in [-0.3, -0.25) is 14.5 Å². The normalized spacial score (nSPS) is 25.9. The van der Waals surface area contributed by atoms with Crippen molar-refractivity contribution in [1.82, 2.24) is 14.7 Å². The smallest absolute Gasteiger partial charge is 0.236 e. The minimum Gasteiger partial charge on any atom is -0.341 e. The minimum atomic E-state index is 0.187. The predicted molar refractivity (Wildman–Crippen MR) is 74.0 cm³/mol. The van der Waals surface area contributed by atoms with Crippen molar-refractivity contribution in [3.8, 4) is 0 Å². The van der Waals surface area contributed by atoms with E-state index in [1.54, 1.807) is 0 Å². The van der Waals surface area contributed by atoms with E-state index < -0.39 is 0 Å². The van der Waals surface area contributed by atoms with Crippen LogP contribution in [0.2, 0.25) is 0 Å². The molecule has 2 heterocycles. The van der Waals surface area contributed by atoms with Gasteiger partial charge in [-0.1, -0.05) is 0 Å². The van der Waals surface area contributed by atoms with Crippen LogP contribution < -0.4 is 0 Å². The highest BCUT2D eigenvalue weighted by molar-refractivity contribution is 5.84. The van der Waals surface area contributed by atoms with E-state index in [-0.39, 0.29) is 11.7 Å². The fraction of sp³-hybridized carbons (Fsp3) is 0.857. The van der Waals surface area contributed by atoms with Crippen LogP contribution in [0.25, 0.3) is 0 Å². The largest absolute Gasteiger partial charge is 0.341 e. The molecule has 2 aliphatic rings. The number of likely N-dealkylation sites (tertiary alicyclic amines) is 2. The van der Waals surface area contributed by atoms with Gasteiger partial charge in [-0.2, -0.15) is 0 Å². The summed E-state index contributed by atoms with van der Waals surface area (Å²) in [5.74, 6) is 0.474. The van der Waals surface area contributed by atoms with Gasteiger partial charge in [0.2, 0.25) is 5.91 Å². The highest BCUT2D eigenvalue weighted by Crippen LogP contribution is 2.14. The Hall–Kier alpha value is -0.940. The molecule has 0 radical (unpaired) electrons. The molecule has 1 unspecified atom stereocenters. The van der Waals surface area contributed by atoms with E-state index in [1.807, 2.05) is 4.90 Å². The molecule has 0 aromatic rings. The summed E-state index contributed by atoms with van der Waals surface area (Å²) in [6, 6.07) is 0.560. The van der Waals surface area contributed by atoms with Crippen LogP contribution in [0.5, 0.6) is 0 Å². The lowest BCUT2D eigenvalue weighted by Crippen LogP contribution is -2.50. The average Bonchev–Trinajstić information content (AvgIpc) is 2.39. The number of ketones is 1. The monoisotopic (exact) mass is 267 g/mol. The molecule has 0 spiro atoms. The summed E-state index contributed by atoms with van der Waals surface area (Å²) in [4.78, 5) is 29.7. The number of rotatable bonds is 3. The summed E-state index contributed by atoms with van der Waals surface area (Å²) in [5.41, 5.74) is 0. The summed E-state index contributed by atoms with van der Waals surface area (Å²) in [7, 11) is 4.21. The van der Waals surface area contributed by atoms with E-state index in [4.69, 9.17) is 0 Å². The third-order valence-corrected chi connectivity index (χ3v) is 4.24. The summed E-state index contributed by atoms with van der Waals surface area (Å²) in [6.07, 6.45) is 3.45. The Morgan fingerprint density at radius 2 is 1.95 bits per heavy atom. The topological polar surface area (TPSA) is 43.9 Å². The summed E-state index contributed by atoms with van der Waals surface area (Å²) in [5, 5.41) is 0. The fourth-order valence-corrected chi connectivity index (χ4v) is 2.89. The van der Waals surface area contributed by atoms with Gasteiger partial charge in [-0.25, -0.2) is 0 Å². The average molecular weight is 267 g/mol. The Labute approximate surface area is 115 Å². The van der Waals surface area contributed by atoms with Crippen molar-refractivity contribution in [2.75, 3.05) is 46.8 Å². The Morgan fingerprint density at radius 1 is 1.26 bits per heavy atom. The van der Waals surface area contributed by atoms with Gasteiger partial charge >= 0.3 is 0 Å². The van der Waals surface area contributed by atoms with Crippen molar-refractivity contribution in [2.45, 2.75) is 31.7 Å². The van der Waals surface area contributed by atoms with Crippen molar-refractivity contribution >= 4 is 11.7 Å². The van der Waals surface area contributed by atoms with Crippen LogP contribution in [-0.4, -0.2) is 79.3 Å². The highest BCUT2D eigenvalue weighted by Gasteiger charge is 2.26. The number of piperidine rings is 2. The van der Waals surface area contributed by atoms with Crippen molar-refractivity contribution in [3.05, 3.63) is 0 Å². The van der Waals surface area contributed by atoms with E-state index in [1.165, 1.54) is 6.42 Å². The van der Waals surface area contributed by atoms with Crippen LogP contribution in [0.1, 0.15) is 25.7 Å². The molecule has 0 aromatic carbocycles. The number of hydrogen-bond donors (Lipinski definition) is 0. The Bertz CT molecular complexity index is 334. The number of likely N-dealkylation sites (N-methyl/N-ethyl adjacent to an activating group) is 1.